The normalized spacial score (nSPS) is 20.2. The molecule has 0 saturated heterocycles. The molecule has 3 N–H and O–H groups in total. The lowest BCUT2D eigenvalue weighted by Crippen LogP contribution is -2.48. The first kappa shape index (κ1) is 15.0. The molecule has 1 aromatic carbocycles. The van der Waals surface area contributed by atoms with Gasteiger partial charge in [-0.1, -0.05) is 23.7 Å². The Bertz CT molecular complexity index is 708. The maximum Gasteiger partial charge on any atom is 0.270 e. The monoisotopic (exact) mass is 335 g/mol. The van der Waals surface area contributed by atoms with Crippen LogP contribution in [-0.2, 0) is 4.79 Å². The molecule has 5 nitrogen and oxygen atoms in total. The maximum absolute atomic E-state index is 12.1. The van der Waals surface area contributed by atoms with E-state index in [4.69, 9.17) is 17.3 Å². The SMILES string of the molecule is NC(=O)C1CC(NC(=O)c2csc(-c3ccc(Cl)cc3)n2)C1. The molecule has 1 fully saturated rings. The van der Waals surface area contributed by atoms with Gasteiger partial charge < -0.3 is 11.1 Å². The van der Waals surface area contributed by atoms with E-state index in [1.165, 1.54) is 11.3 Å². The highest BCUT2D eigenvalue weighted by Gasteiger charge is 2.34. The molecule has 0 bridgehead atoms. The molecule has 0 aliphatic heterocycles. The Morgan fingerprint density at radius 2 is 1.95 bits per heavy atom. The minimum absolute atomic E-state index is 0.00526. The van der Waals surface area contributed by atoms with Gasteiger partial charge in [-0.15, -0.1) is 11.3 Å². The molecule has 1 heterocycles. The molecule has 0 unspecified atom stereocenters. The van der Waals surface area contributed by atoms with E-state index in [-0.39, 0.29) is 23.8 Å². The van der Waals surface area contributed by atoms with Gasteiger partial charge >= 0.3 is 0 Å². The second-order valence-electron chi connectivity index (χ2n) is 5.29. The molecular weight excluding hydrogens is 322 g/mol. The summed E-state index contributed by atoms with van der Waals surface area (Å²) < 4.78 is 0. The van der Waals surface area contributed by atoms with Crippen LogP contribution in [-0.4, -0.2) is 22.8 Å². The van der Waals surface area contributed by atoms with Gasteiger partial charge in [-0.25, -0.2) is 4.98 Å². The number of nitrogens with two attached hydrogens (primary N) is 1. The molecular formula is C15H14ClN3O2S. The fourth-order valence-electron chi connectivity index (χ4n) is 2.33. The lowest BCUT2D eigenvalue weighted by Gasteiger charge is -2.33. The van der Waals surface area contributed by atoms with Gasteiger partial charge in [-0.2, -0.15) is 0 Å². The molecule has 1 aliphatic carbocycles. The van der Waals surface area contributed by atoms with E-state index in [1.807, 2.05) is 12.1 Å². The molecule has 1 aliphatic rings. The van der Waals surface area contributed by atoms with Gasteiger partial charge in [0.1, 0.15) is 10.7 Å². The van der Waals surface area contributed by atoms with Crippen LogP contribution in [0.2, 0.25) is 5.02 Å². The van der Waals surface area contributed by atoms with Gasteiger partial charge in [0, 0.05) is 27.9 Å². The lowest BCUT2D eigenvalue weighted by atomic mass is 9.80. The van der Waals surface area contributed by atoms with Crippen molar-refractivity contribution in [1.82, 2.24) is 10.3 Å². The minimum atomic E-state index is -0.302. The summed E-state index contributed by atoms with van der Waals surface area (Å²) in [7, 11) is 0. The Labute approximate surface area is 136 Å². The number of hydrogen-bond donors (Lipinski definition) is 2. The predicted molar refractivity (Wildman–Crippen MR) is 85.7 cm³/mol. The molecule has 2 amide bonds. The van der Waals surface area contributed by atoms with E-state index in [9.17, 15) is 9.59 Å². The van der Waals surface area contributed by atoms with Crippen LogP contribution in [0.1, 0.15) is 23.3 Å². The number of carbonyl (C=O) groups excluding carboxylic acids is 2. The lowest BCUT2D eigenvalue weighted by molar-refractivity contribution is -0.124. The topological polar surface area (TPSA) is 85.1 Å². The summed E-state index contributed by atoms with van der Waals surface area (Å²) in [5, 5.41) is 6.02. The van der Waals surface area contributed by atoms with Gasteiger partial charge in [-0.05, 0) is 25.0 Å². The number of benzene rings is 1. The number of rotatable bonds is 4. The van der Waals surface area contributed by atoms with E-state index >= 15 is 0 Å². The first-order valence-electron chi connectivity index (χ1n) is 6.84. The first-order chi connectivity index (χ1) is 10.5. The quantitative estimate of drug-likeness (QED) is 0.900. The molecule has 0 spiro atoms. The third kappa shape index (κ3) is 3.13. The minimum Gasteiger partial charge on any atom is -0.369 e. The van der Waals surface area contributed by atoms with Crippen molar-refractivity contribution >= 4 is 34.8 Å². The first-order valence-corrected chi connectivity index (χ1v) is 8.10. The number of aromatic nitrogens is 1. The summed E-state index contributed by atoms with van der Waals surface area (Å²) in [6, 6.07) is 7.32. The highest BCUT2D eigenvalue weighted by Crippen LogP contribution is 2.28. The van der Waals surface area contributed by atoms with Gasteiger partial charge in [0.05, 0.1) is 0 Å². The molecule has 22 heavy (non-hydrogen) atoms. The molecule has 7 heteroatoms. The van der Waals surface area contributed by atoms with Crippen molar-refractivity contribution in [3.05, 3.63) is 40.4 Å². The average Bonchev–Trinajstić information content (AvgIpc) is 2.92. The Kier molecular flexibility index (Phi) is 4.13. The summed E-state index contributed by atoms with van der Waals surface area (Å²) in [5.74, 6) is -0.640. The van der Waals surface area contributed by atoms with Crippen molar-refractivity contribution < 1.29 is 9.59 Å². The van der Waals surface area contributed by atoms with Crippen molar-refractivity contribution in [2.45, 2.75) is 18.9 Å². The smallest absolute Gasteiger partial charge is 0.270 e. The standard InChI is InChI=1S/C15H14ClN3O2S/c16-10-3-1-8(2-4-10)15-19-12(7-22-15)14(21)18-11-5-9(6-11)13(17)20/h1-4,7,9,11H,5-6H2,(H2,17,20)(H,18,21). The van der Waals surface area contributed by atoms with E-state index in [0.29, 0.717) is 23.6 Å². The van der Waals surface area contributed by atoms with Crippen molar-refractivity contribution in [2.24, 2.45) is 11.7 Å². The van der Waals surface area contributed by atoms with Crippen molar-refractivity contribution in [1.29, 1.82) is 0 Å². The third-order valence-corrected chi connectivity index (χ3v) is 4.85. The second-order valence-corrected chi connectivity index (χ2v) is 6.58. The summed E-state index contributed by atoms with van der Waals surface area (Å²) >= 11 is 7.26. The van der Waals surface area contributed by atoms with Crippen LogP contribution in [0.4, 0.5) is 0 Å². The van der Waals surface area contributed by atoms with Crippen LogP contribution in [0, 0.1) is 5.92 Å². The molecule has 0 atom stereocenters. The third-order valence-electron chi connectivity index (χ3n) is 3.70. The molecule has 0 radical (unpaired) electrons. The average molecular weight is 336 g/mol. The van der Waals surface area contributed by atoms with Gasteiger partial charge in [-0.3, -0.25) is 9.59 Å². The maximum atomic E-state index is 12.1. The van der Waals surface area contributed by atoms with Crippen LogP contribution in [0.3, 0.4) is 0 Å². The van der Waals surface area contributed by atoms with E-state index in [1.54, 1.807) is 17.5 Å². The number of carbonyl (C=O) groups is 2. The van der Waals surface area contributed by atoms with Gasteiger partial charge in [0.25, 0.3) is 5.91 Å². The number of nitrogens with one attached hydrogen (secondary N) is 1. The number of thiazole rings is 1. The Hall–Kier alpha value is -1.92. The van der Waals surface area contributed by atoms with Crippen molar-refractivity contribution in [3.8, 4) is 10.6 Å². The Morgan fingerprint density at radius 3 is 2.59 bits per heavy atom. The zero-order valence-electron chi connectivity index (χ0n) is 11.6. The Morgan fingerprint density at radius 1 is 1.27 bits per heavy atom. The van der Waals surface area contributed by atoms with Crippen molar-refractivity contribution in [3.63, 3.8) is 0 Å². The second kappa shape index (κ2) is 6.06. The van der Waals surface area contributed by atoms with Crippen LogP contribution in [0.15, 0.2) is 29.6 Å². The molecule has 1 aromatic heterocycles. The molecule has 2 aromatic rings. The number of amides is 2. The number of halogens is 1. The van der Waals surface area contributed by atoms with Crippen molar-refractivity contribution in [2.75, 3.05) is 0 Å². The highest BCUT2D eigenvalue weighted by molar-refractivity contribution is 7.13. The number of hydrogen-bond acceptors (Lipinski definition) is 4. The van der Waals surface area contributed by atoms with E-state index in [0.717, 1.165) is 10.6 Å². The van der Waals surface area contributed by atoms with Gasteiger partial charge in [0.2, 0.25) is 5.91 Å². The number of primary amides is 1. The number of nitrogens with zero attached hydrogens (tertiary/aromatic N) is 1. The van der Waals surface area contributed by atoms with E-state index < -0.39 is 0 Å². The summed E-state index contributed by atoms with van der Waals surface area (Å²) in [6.45, 7) is 0. The fraction of sp³-hybridized carbons (Fsp3) is 0.267. The largest absolute Gasteiger partial charge is 0.369 e. The van der Waals surface area contributed by atoms with E-state index in [2.05, 4.69) is 10.3 Å². The molecule has 114 valence electrons. The zero-order valence-corrected chi connectivity index (χ0v) is 13.2. The highest BCUT2D eigenvalue weighted by atomic mass is 35.5. The summed E-state index contributed by atoms with van der Waals surface area (Å²) in [5.41, 5.74) is 6.52. The van der Waals surface area contributed by atoms with Crippen LogP contribution in [0.5, 0.6) is 0 Å². The molecule has 3 rings (SSSR count). The Balaban J connectivity index is 1.63. The van der Waals surface area contributed by atoms with Crippen LogP contribution >= 0.6 is 22.9 Å². The van der Waals surface area contributed by atoms with Crippen LogP contribution < -0.4 is 11.1 Å². The van der Waals surface area contributed by atoms with Gasteiger partial charge in [0.15, 0.2) is 0 Å². The summed E-state index contributed by atoms with van der Waals surface area (Å²) in [4.78, 5) is 27.4. The zero-order chi connectivity index (χ0) is 15.7. The molecule has 1 saturated carbocycles. The predicted octanol–water partition coefficient (Wildman–Crippen LogP) is 2.46. The summed E-state index contributed by atoms with van der Waals surface area (Å²) in [6.07, 6.45) is 1.21. The fourth-order valence-corrected chi connectivity index (χ4v) is 3.26. The van der Waals surface area contributed by atoms with Crippen LogP contribution in [0.25, 0.3) is 10.6 Å².